The van der Waals surface area contributed by atoms with E-state index in [9.17, 15) is 4.39 Å². The van der Waals surface area contributed by atoms with Gasteiger partial charge >= 0.3 is 0 Å². The molecule has 0 spiro atoms. The van der Waals surface area contributed by atoms with E-state index in [1.54, 1.807) is 0 Å². The molecule has 0 aliphatic carbocycles. The Kier molecular flexibility index (Phi) is 1.57. The first kappa shape index (κ1) is 6.35. The van der Waals surface area contributed by atoms with E-state index in [2.05, 4.69) is 17.6 Å². The van der Waals surface area contributed by atoms with Gasteiger partial charge in [0.15, 0.2) is 0 Å². The summed E-state index contributed by atoms with van der Waals surface area (Å²) in [7, 11) is 0. The van der Waals surface area contributed by atoms with E-state index in [-0.39, 0.29) is 5.69 Å². The lowest BCUT2D eigenvalue weighted by Crippen LogP contribution is -1.90. The highest BCUT2D eigenvalue weighted by atomic mass is 32.1. The summed E-state index contributed by atoms with van der Waals surface area (Å²) in [5.74, 6) is -0.440. The van der Waals surface area contributed by atoms with Crippen LogP contribution in [0.2, 0.25) is 0 Å². The molecular weight excluding hydrogens is 139 g/mol. The average Bonchev–Trinajstić information content (AvgIpc) is 1.80. The van der Waals surface area contributed by atoms with Crippen molar-refractivity contribution in [3.8, 4) is 0 Å². The lowest BCUT2D eigenvalue weighted by Gasteiger charge is -1.94. The lowest BCUT2D eigenvalue weighted by molar-refractivity contribution is 0.619. The molecule has 0 unspecified atom stereocenters. The van der Waals surface area contributed by atoms with E-state index in [1.807, 2.05) is 0 Å². The molecule has 4 heteroatoms. The van der Waals surface area contributed by atoms with Crippen molar-refractivity contribution in [2.75, 3.05) is 5.73 Å². The minimum atomic E-state index is -0.440. The van der Waals surface area contributed by atoms with Gasteiger partial charge in [-0.05, 0) is 0 Å². The zero-order valence-corrected chi connectivity index (χ0v) is 5.40. The van der Waals surface area contributed by atoms with Gasteiger partial charge < -0.3 is 5.73 Å². The molecular formula is C5H5FN2S. The number of halogens is 1. The van der Waals surface area contributed by atoms with Gasteiger partial charge in [0.25, 0.3) is 0 Å². The predicted molar refractivity (Wildman–Crippen MR) is 35.9 cm³/mol. The quantitative estimate of drug-likeness (QED) is 0.535. The Morgan fingerprint density at radius 2 is 2.33 bits per heavy atom. The Bertz CT molecular complexity index is 226. The Hall–Kier alpha value is -0.770. The molecule has 0 aliphatic rings. The van der Waals surface area contributed by atoms with Gasteiger partial charge in [-0.2, -0.15) is 0 Å². The fraction of sp³-hybridized carbons (Fsp3) is 0. The second-order valence-electron chi connectivity index (χ2n) is 1.57. The second kappa shape index (κ2) is 2.23. The number of thiol groups is 1. The van der Waals surface area contributed by atoms with Crippen LogP contribution < -0.4 is 5.73 Å². The molecule has 0 saturated heterocycles. The van der Waals surface area contributed by atoms with E-state index >= 15 is 0 Å². The summed E-state index contributed by atoms with van der Waals surface area (Å²) in [6, 6.07) is 1.18. The molecule has 0 aromatic carbocycles. The molecule has 0 saturated carbocycles. The van der Waals surface area contributed by atoms with Crippen molar-refractivity contribution >= 4 is 18.3 Å². The highest BCUT2D eigenvalue weighted by molar-refractivity contribution is 7.80. The normalized spacial score (nSPS) is 9.56. The molecule has 9 heavy (non-hydrogen) atoms. The summed E-state index contributed by atoms with van der Waals surface area (Å²) < 4.78 is 12.2. The van der Waals surface area contributed by atoms with Crippen molar-refractivity contribution in [1.82, 2.24) is 4.98 Å². The molecule has 0 radical (unpaired) electrons. The first-order valence-electron chi connectivity index (χ1n) is 2.30. The maximum atomic E-state index is 12.2. The molecule has 2 N–H and O–H groups in total. The minimum absolute atomic E-state index is 0.262. The second-order valence-corrected chi connectivity index (χ2v) is 1.99. The summed E-state index contributed by atoms with van der Waals surface area (Å²) in [6.07, 6.45) is 1.07. The van der Waals surface area contributed by atoms with Crippen LogP contribution in [0.25, 0.3) is 0 Å². The van der Waals surface area contributed by atoms with Gasteiger partial charge in [0.1, 0.15) is 10.8 Å². The molecule has 0 bridgehead atoms. The van der Waals surface area contributed by atoms with Crippen LogP contribution in [0.5, 0.6) is 0 Å². The smallest absolute Gasteiger partial charge is 0.143 e. The van der Waals surface area contributed by atoms with Gasteiger partial charge in [0, 0.05) is 6.07 Å². The Labute approximate surface area is 57.3 Å². The lowest BCUT2D eigenvalue weighted by atomic mass is 10.4. The maximum Gasteiger partial charge on any atom is 0.143 e. The van der Waals surface area contributed by atoms with Crippen LogP contribution in [-0.2, 0) is 0 Å². The average molecular weight is 144 g/mol. The van der Waals surface area contributed by atoms with Crippen LogP contribution in [0, 0.1) is 5.82 Å². The molecule has 1 aromatic heterocycles. The number of nitrogens with two attached hydrogens (primary N) is 1. The Balaban J connectivity index is 3.17. The zero-order valence-electron chi connectivity index (χ0n) is 4.50. The molecule has 0 fully saturated rings. The van der Waals surface area contributed by atoms with Gasteiger partial charge in [-0.25, -0.2) is 9.37 Å². The van der Waals surface area contributed by atoms with E-state index in [0.717, 1.165) is 6.20 Å². The van der Waals surface area contributed by atoms with E-state index in [4.69, 9.17) is 5.73 Å². The van der Waals surface area contributed by atoms with E-state index < -0.39 is 5.82 Å². The van der Waals surface area contributed by atoms with Crippen LogP contribution in [0.3, 0.4) is 0 Å². The van der Waals surface area contributed by atoms with Crippen LogP contribution in [-0.4, -0.2) is 4.98 Å². The molecule has 1 aromatic rings. The van der Waals surface area contributed by atoms with Crippen molar-refractivity contribution in [2.45, 2.75) is 5.03 Å². The van der Waals surface area contributed by atoms with Crippen LogP contribution in [0.1, 0.15) is 0 Å². The Morgan fingerprint density at radius 1 is 1.67 bits per heavy atom. The summed E-state index contributed by atoms with van der Waals surface area (Å²) in [6.45, 7) is 0. The molecule has 1 rings (SSSR count). The SMILES string of the molecule is Nc1cc(F)cnc1S. The van der Waals surface area contributed by atoms with E-state index in [1.165, 1.54) is 6.07 Å². The van der Waals surface area contributed by atoms with Gasteiger partial charge in [-0.3, -0.25) is 0 Å². The first-order valence-corrected chi connectivity index (χ1v) is 2.75. The standard InChI is InChI=1S/C5H5FN2S/c6-3-1-4(7)5(9)8-2-3/h1-2H,7H2,(H,8,9). The highest BCUT2D eigenvalue weighted by Gasteiger charge is 1.95. The summed E-state index contributed by atoms with van der Waals surface area (Å²) in [5, 5.41) is 0.358. The number of rotatable bonds is 0. The van der Waals surface area contributed by atoms with Crippen LogP contribution >= 0.6 is 12.6 Å². The van der Waals surface area contributed by atoms with Gasteiger partial charge in [0.2, 0.25) is 0 Å². The third kappa shape index (κ3) is 1.32. The van der Waals surface area contributed by atoms with Gasteiger partial charge in [0.05, 0.1) is 11.9 Å². The number of aromatic nitrogens is 1. The highest BCUT2D eigenvalue weighted by Crippen LogP contribution is 2.12. The predicted octanol–water partition coefficient (Wildman–Crippen LogP) is 1.09. The van der Waals surface area contributed by atoms with Crippen LogP contribution in [0.15, 0.2) is 17.3 Å². The summed E-state index contributed by atoms with van der Waals surface area (Å²) in [4.78, 5) is 3.54. The fourth-order valence-corrected chi connectivity index (χ4v) is 0.570. The molecule has 48 valence electrons. The fourth-order valence-electron chi connectivity index (χ4n) is 0.448. The van der Waals surface area contributed by atoms with Crippen molar-refractivity contribution in [2.24, 2.45) is 0 Å². The molecule has 0 amide bonds. The third-order valence-corrected chi connectivity index (χ3v) is 1.24. The molecule has 0 atom stereocenters. The number of hydrogen-bond acceptors (Lipinski definition) is 3. The zero-order chi connectivity index (χ0) is 6.85. The number of nitrogen functional groups attached to an aromatic ring is 1. The maximum absolute atomic E-state index is 12.2. The molecule has 0 aliphatic heterocycles. The van der Waals surface area contributed by atoms with Crippen molar-refractivity contribution in [3.05, 3.63) is 18.1 Å². The topological polar surface area (TPSA) is 38.9 Å². The van der Waals surface area contributed by atoms with Crippen molar-refractivity contribution in [1.29, 1.82) is 0 Å². The summed E-state index contributed by atoms with van der Waals surface area (Å²) in [5.41, 5.74) is 5.50. The van der Waals surface area contributed by atoms with Crippen molar-refractivity contribution in [3.63, 3.8) is 0 Å². The van der Waals surface area contributed by atoms with Gasteiger partial charge in [-0.1, -0.05) is 0 Å². The molecule has 2 nitrogen and oxygen atoms in total. The first-order chi connectivity index (χ1) is 4.20. The number of anilines is 1. The largest absolute Gasteiger partial charge is 0.396 e. The molecule has 1 heterocycles. The monoisotopic (exact) mass is 144 g/mol. The minimum Gasteiger partial charge on any atom is -0.396 e. The Morgan fingerprint density at radius 3 is 2.78 bits per heavy atom. The number of hydrogen-bond donors (Lipinski definition) is 2. The summed E-state index contributed by atoms with van der Waals surface area (Å²) >= 11 is 3.84. The van der Waals surface area contributed by atoms with E-state index in [0.29, 0.717) is 5.03 Å². The van der Waals surface area contributed by atoms with Gasteiger partial charge in [-0.15, -0.1) is 12.6 Å². The number of nitrogens with zero attached hydrogens (tertiary/aromatic N) is 1. The van der Waals surface area contributed by atoms with Crippen molar-refractivity contribution < 1.29 is 4.39 Å². The third-order valence-electron chi connectivity index (χ3n) is 0.862. The van der Waals surface area contributed by atoms with Crippen LogP contribution in [0.4, 0.5) is 10.1 Å². The number of pyridine rings is 1.